The smallest absolute Gasteiger partial charge is 0.243 e. The van der Waals surface area contributed by atoms with Gasteiger partial charge < -0.3 is 9.72 Å². The Hall–Kier alpha value is -1.65. The van der Waals surface area contributed by atoms with Crippen LogP contribution in [0.2, 0.25) is 0 Å². The highest BCUT2D eigenvalue weighted by Crippen LogP contribution is 2.18. The SMILES string of the molecule is CCCCOc1nc(C)nc2nc[nH]c12. The van der Waals surface area contributed by atoms with E-state index in [0.29, 0.717) is 24.0 Å². The molecule has 2 rings (SSSR count). The number of aromatic nitrogens is 4. The van der Waals surface area contributed by atoms with Crippen molar-refractivity contribution < 1.29 is 4.74 Å². The summed E-state index contributed by atoms with van der Waals surface area (Å²) in [4.78, 5) is 15.5. The molecule has 0 aromatic carbocycles. The molecule has 0 bridgehead atoms. The Morgan fingerprint density at radius 2 is 2.27 bits per heavy atom. The number of aromatic amines is 1. The van der Waals surface area contributed by atoms with E-state index in [0.717, 1.165) is 18.4 Å². The summed E-state index contributed by atoms with van der Waals surface area (Å²) in [7, 11) is 0. The van der Waals surface area contributed by atoms with Crippen molar-refractivity contribution in [1.29, 1.82) is 0 Å². The second-order valence-electron chi connectivity index (χ2n) is 3.38. The van der Waals surface area contributed by atoms with Crippen LogP contribution in [0.25, 0.3) is 11.2 Å². The van der Waals surface area contributed by atoms with E-state index >= 15 is 0 Å². The van der Waals surface area contributed by atoms with Crippen molar-refractivity contribution in [2.75, 3.05) is 6.61 Å². The molecule has 5 heteroatoms. The third-order valence-electron chi connectivity index (χ3n) is 2.10. The van der Waals surface area contributed by atoms with Crippen LogP contribution < -0.4 is 4.74 Å². The highest BCUT2D eigenvalue weighted by molar-refractivity contribution is 5.75. The maximum absolute atomic E-state index is 5.58. The van der Waals surface area contributed by atoms with Crippen LogP contribution in [-0.2, 0) is 0 Å². The first-order valence-corrected chi connectivity index (χ1v) is 5.11. The van der Waals surface area contributed by atoms with Gasteiger partial charge in [0.15, 0.2) is 5.65 Å². The number of nitrogens with zero attached hydrogens (tertiary/aromatic N) is 3. The summed E-state index contributed by atoms with van der Waals surface area (Å²) in [5, 5.41) is 0. The number of rotatable bonds is 4. The molecule has 0 saturated carbocycles. The quantitative estimate of drug-likeness (QED) is 0.775. The first kappa shape index (κ1) is 9.89. The summed E-state index contributed by atoms with van der Waals surface area (Å²) in [6, 6.07) is 0. The van der Waals surface area contributed by atoms with Gasteiger partial charge in [0.25, 0.3) is 0 Å². The molecule has 0 spiro atoms. The number of unbranched alkanes of at least 4 members (excludes halogenated alkanes) is 1. The van der Waals surface area contributed by atoms with Crippen LogP contribution in [0.3, 0.4) is 0 Å². The highest BCUT2D eigenvalue weighted by atomic mass is 16.5. The van der Waals surface area contributed by atoms with Crippen molar-refractivity contribution in [3.05, 3.63) is 12.2 Å². The van der Waals surface area contributed by atoms with Crippen LogP contribution in [0.5, 0.6) is 5.88 Å². The predicted octanol–water partition coefficient (Wildman–Crippen LogP) is 1.84. The molecule has 0 aliphatic carbocycles. The van der Waals surface area contributed by atoms with Crippen LogP contribution in [0, 0.1) is 6.92 Å². The zero-order valence-corrected chi connectivity index (χ0v) is 8.95. The minimum atomic E-state index is 0.600. The Morgan fingerprint density at radius 1 is 1.40 bits per heavy atom. The summed E-state index contributed by atoms with van der Waals surface area (Å²) in [6.07, 6.45) is 3.74. The minimum Gasteiger partial charge on any atom is -0.476 e. The molecule has 0 atom stereocenters. The Bertz CT molecular complexity index is 452. The fraction of sp³-hybridized carbons (Fsp3) is 0.500. The van der Waals surface area contributed by atoms with E-state index < -0.39 is 0 Å². The van der Waals surface area contributed by atoms with Gasteiger partial charge in [0.2, 0.25) is 5.88 Å². The summed E-state index contributed by atoms with van der Waals surface area (Å²) >= 11 is 0. The van der Waals surface area contributed by atoms with Crippen molar-refractivity contribution in [3.8, 4) is 5.88 Å². The van der Waals surface area contributed by atoms with E-state index in [2.05, 4.69) is 26.9 Å². The zero-order valence-electron chi connectivity index (χ0n) is 8.95. The molecule has 0 aliphatic rings. The molecule has 0 radical (unpaired) electrons. The number of ether oxygens (including phenoxy) is 1. The monoisotopic (exact) mass is 206 g/mol. The number of imidazole rings is 1. The van der Waals surface area contributed by atoms with Crippen molar-refractivity contribution in [3.63, 3.8) is 0 Å². The van der Waals surface area contributed by atoms with Crippen molar-refractivity contribution >= 4 is 11.2 Å². The second kappa shape index (κ2) is 4.25. The van der Waals surface area contributed by atoms with Gasteiger partial charge in [-0.2, -0.15) is 4.98 Å². The summed E-state index contributed by atoms with van der Waals surface area (Å²) in [5.41, 5.74) is 1.44. The maximum atomic E-state index is 5.58. The van der Waals surface area contributed by atoms with Crippen LogP contribution in [0.4, 0.5) is 0 Å². The molecule has 5 nitrogen and oxygen atoms in total. The first-order valence-electron chi connectivity index (χ1n) is 5.11. The van der Waals surface area contributed by atoms with E-state index in [9.17, 15) is 0 Å². The van der Waals surface area contributed by atoms with E-state index in [1.54, 1.807) is 6.33 Å². The third kappa shape index (κ3) is 2.06. The largest absolute Gasteiger partial charge is 0.476 e. The van der Waals surface area contributed by atoms with E-state index in [1.165, 1.54) is 0 Å². The number of H-pyrrole nitrogens is 1. The minimum absolute atomic E-state index is 0.600. The van der Waals surface area contributed by atoms with Gasteiger partial charge >= 0.3 is 0 Å². The van der Waals surface area contributed by atoms with Gasteiger partial charge in [-0.25, -0.2) is 9.97 Å². The maximum Gasteiger partial charge on any atom is 0.243 e. The summed E-state index contributed by atoms with van der Waals surface area (Å²) < 4.78 is 5.58. The molecule has 1 N–H and O–H groups in total. The normalized spacial score (nSPS) is 10.8. The first-order chi connectivity index (χ1) is 7.31. The Labute approximate surface area is 87.9 Å². The van der Waals surface area contributed by atoms with E-state index in [4.69, 9.17) is 4.74 Å². The molecule has 0 aliphatic heterocycles. The number of hydrogen-bond acceptors (Lipinski definition) is 4. The number of fused-ring (bicyclic) bond motifs is 1. The molecule has 2 aromatic heterocycles. The zero-order chi connectivity index (χ0) is 10.7. The van der Waals surface area contributed by atoms with Crippen LogP contribution in [0.1, 0.15) is 25.6 Å². The van der Waals surface area contributed by atoms with Crippen molar-refractivity contribution in [1.82, 2.24) is 19.9 Å². The highest BCUT2D eigenvalue weighted by Gasteiger charge is 2.08. The van der Waals surface area contributed by atoms with Crippen LogP contribution in [-0.4, -0.2) is 26.5 Å². The van der Waals surface area contributed by atoms with Gasteiger partial charge in [-0.3, -0.25) is 0 Å². The average molecular weight is 206 g/mol. The molecular weight excluding hydrogens is 192 g/mol. The standard InChI is InChI=1S/C10H14N4O/c1-3-4-5-15-10-8-9(12-6-11-8)13-7(2)14-10/h6H,3-5H2,1-2H3,(H,11,12,13,14). The van der Waals surface area contributed by atoms with Crippen molar-refractivity contribution in [2.24, 2.45) is 0 Å². The number of hydrogen-bond donors (Lipinski definition) is 1. The lowest BCUT2D eigenvalue weighted by Crippen LogP contribution is -2.01. The topological polar surface area (TPSA) is 63.7 Å². The fourth-order valence-corrected chi connectivity index (χ4v) is 1.33. The Morgan fingerprint density at radius 3 is 3.07 bits per heavy atom. The van der Waals surface area contributed by atoms with Gasteiger partial charge in [-0.05, 0) is 13.3 Å². The van der Waals surface area contributed by atoms with Gasteiger partial charge in [0, 0.05) is 0 Å². The molecular formula is C10H14N4O. The fourth-order valence-electron chi connectivity index (χ4n) is 1.33. The molecule has 0 fully saturated rings. The molecule has 0 amide bonds. The Balaban J connectivity index is 2.27. The van der Waals surface area contributed by atoms with Gasteiger partial charge in [0.1, 0.15) is 11.3 Å². The molecule has 2 heterocycles. The average Bonchev–Trinajstić information content (AvgIpc) is 2.65. The van der Waals surface area contributed by atoms with Gasteiger partial charge in [0.05, 0.1) is 12.9 Å². The molecule has 0 unspecified atom stereocenters. The summed E-state index contributed by atoms with van der Waals surface area (Å²) in [5.74, 6) is 1.28. The Kier molecular flexibility index (Phi) is 2.80. The van der Waals surface area contributed by atoms with Crippen LogP contribution in [0.15, 0.2) is 6.33 Å². The summed E-state index contributed by atoms with van der Waals surface area (Å²) in [6.45, 7) is 4.64. The van der Waals surface area contributed by atoms with Gasteiger partial charge in [-0.15, -0.1) is 0 Å². The predicted molar refractivity (Wildman–Crippen MR) is 56.8 cm³/mol. The number of aryl methyl sites for hydroxylation is 1. The molecule has 0 saturated heterocycles. The molecule has 2 aromatic rings. The molecule has 15 heavy (non-hydrogen) atoms. The molecule has 80 valence electrons. The van der Waals surface area contributed by atoms with Gasteiger partial charge in [-0.1, -0.05) is 13.3 Å². The third-order valence-corrected chi connectivity index (χ3v) is 2.10. The number of nitrogens with one attached hydrogen (secondary N) is 1. The lowest BCUT2D eigenvalue weighted by molar-refractivity contribution is 0.300. The van der Waals surface area contributed by atoms with E-state index in [1.807, 2.05) is 6.92 Å². The second-order valence-corrected chi connectivity index (χ2v) is 3.38. The lowest BCUT2D eigenvalue weighted by Gasteiger charge is -2.05. The van der Waals surface area contributed by atoms with Crippen molar-refractivity contribution in [2.45, 2.75) is 26.7 Å². The van der Waals surface area contributed by atoms with E-state index in [-0.39, 0.29) is 0 Å². The lowest BCUT2D eigenvalue weighted by atomic mass is 10.4. The van der Waals surface area contributed by atoms with Crippen LogP contribution >= 0.6 is 0 Å².